The molecule has 0 saturated carbocycles. The summed E-state index contributed by atoms with van der Waals surface area (Å²) in [5, 5.41) is 17.3. The first-order valence-corrected chi connectivity index (χ1v) is 12.0. The Balaban J connectivity index is 1.24. The second-order valence-electron chi connectivity index (χ2n) is 9.01. The molecule has 0 radical (unpaired) electrons. The molecule has 36 heavy (non-hydrogen) atoms. The van der Waals surface area contributed by atoms with Crippen LogP contribution in [0.3, 0.4) is 0 Å². The van der Waals surface area contributed by atoms with Crippen LogP contribution in [-0.4, -0.2) is 75.7 Å². The molecule has 3 aliphatic heterocycles. The van der Waals surface area contributed by atoms with E-state index < -0.39 is 12.5 Å². The quantitative estimate of drug-likeness (QED) is 0.340. The highest BCUT2D eigenvalue weighted by Crippen LogP contribution is 2.33. The van der Waals surface area contributed by atoms with E-state index in [1.807, 2.05) is 6.08 Å². The van der Waals surface area contributed by atoms with Gasteiger partial charge in [-0.1, -0.05) is 12.1 Å². The van der Waals surface area contributed by atoms with Crippen molar-refractivity contribution >= 4 is 0 Å². The lowest BCUT2D eigenvalue weighted by atomic mass is 10.0. The maximum Gasteiger partial charge on any atom is 0.573 e. The Bertz CT molecular complexity index is 855. The minimum Gasteiger partial charge on any atom is -0.469 e. The number of benzene rings is 1. The van der Waals surface area contributed by atoms with Crippen molar-refractivity contribution in [3.8, 4) is 5.75 Å². The van der Waals surface area contributed by atoms with Gasteiger partial charge in [0.1, 0.15) is 11.9 Å². The van der Waals surface area contributed by atoms with Crippen molar-refractivity contribution in [2.24, 2.45) is 5.92 Å². The molecule has 3 heterocycles. The van der Waals surface area contributed by atoms with Crippen LogP contribution >= 0.6 is 0 Å². The second-order valence-corrected chi connectivity index (χ2v) is 9.01. The van der Waals surface area contributed by atoms with Crippen molar-refractivity contribution in [2.45, 2.75) is 62.8 Å². The summed E-state index contributed by atoms with van der Waals surface area (Å²) in [5.74, 6) is 0.409. The number of nitrogens with one attached hydrogen (secondary N) is 2. The summed E-state index contributed by atoms with van der Waals surface area (Å²) in [4.78, 5) is 0. The molecular formula is C24H33F3N2O7. The van der Waals surface area contributed by atoms with E-state index in [1.54, 1.807) is 7.11 Å². The minimum absolute atomic E-state index is 0.0605. The van der Waals surface area contributed by atoms with Crippen molar-refractivity contribution in [1.29, 1.82) is 0 Å². The van der Waals surface area contributed by atoms with Crippen molar-refractivity contribution < 1.29 is 46.7 Å². The predicted octanol–water partition coefficient (Wildman–Crippen LogP) is 2.40. The van der Waals surface area contributed by atoms with E-state index in [0.29, 0.717) is 38.5 Å². The number of fused-ring (bicyclic) bond motifs is 1. The zero-order valence-corrected chi connectivity index (χ0v) is 20.0. The van der Waals surface area contributed by atoms with Gasteiger partial charge in [-0.2, -0.15) is 0 Å². The first-order valence-electron chi connectivity index (χ1n) is 12.0. The molecule has 0 spiro atoms. The van der Waals surface area contributed by atoms with Crippen LogP contribution in [-0.2, 0) is 30.2 Å². The molecule has 0 aromatic heterocycles. The summed E-state index contributed by atoms with van der Waals surface area (Å²) in [6.07, 6.45) is -1.94. The SMILES string of the molecule is COC1=CCC(CC(NCOC2COC3OCCC23)C(O)CNCc2ccc(OC(F)(F)F)cc2)O1. The van der Waals surface area contributed by atoms with Crippen molar-refractivity contribution in [1.82, 2.24) is 10.6 Å². The van der Waals surface area contributed by atoms with Gasteiger partial charge in [-0.3, -0.25) is 5.32 Å². The third kappa shape index (κ3) is 7.70. The summed E-state index contributed by atoms with van der Waals surface area (Å²) in [7, 11) is 1.54. The minimum atomic E-state index is -4.73. The van der Waals surface area contributed by atoms with Gasteiger partial charge in [0.05, 0.1) is 39.3 Å². The van der Waals surface area contributed by atoms with E-state index in [0.717, 1.165) is 12.0 Å². The first kappa shape index (κ1) is 27.0. The Morgan fingerprint density at radius 1 is 1.19 bits per heavy atom. The van der Waals surface area contributed by atoms with Crippen LogP contribution in [0, 0.1) is 5.92 Å². The molecule has 1 aromatic rings. The maximum atomic E-state index is 12.3. The number of ether oxygens (including phenoxy) is 6. The molecule has 202 valence electrons. The molecular weight excluding hydrogens is 485 g/mol. The molecule has 4 rings (SSSR count). The van der Waals surface area contributed by atoms with E-state index in [2.05, 4.69) is 15.4 Å². The Morgan fingerprint density at radius 3 is 2.72 bits per heavy atom. The molecule has 1 aromatic carbocycles. The molecule has 6 atom stereocenters. The number of alkyl halides is 3. The third-order valence-corrected chi connectivity index (χ3v) is 6.48. The predicted molar refractivity (Wildman–Crippen MR) is 121 cm³/mol. The summed E-state index contributed by atoms with van der Waals surface area (Å²) in [6, 6.07) is 5.25. The number of halogens is 3. The largest absolute Gasteiger partial charge is 0.573 e. The van der Waals surface area contributed by atoms with E-state index in [4.69, 9.17) is 23.7 Å². The van der Waals surface area contributed by atoms with Gasteiger partial charge in [-0.15, -0.1) is 13.2 Å². The molecule has 0 amide bonds. The normalized spacial score (nSPS) is 27.3. The Kier molecular flexibility index (Phi) is 9.31. The number of hydrogen-bond donors (Lipinski definition) is 3. The standard InChI is InChI=1S/C24H33F3N2O7/c1-31-22-7-6-17(35-22)10-19(29-14-34-21-13-33-23-18(21)8-9-32-23)20(30)12-28-11-15-2-4-16(5-3-15)36-24(25,26)27/h2-5,7,17-21,23,28-30H,6,8-14H2,1H3. The highest BCUT2D eigenvalue weighted by Gasteiger charge is 2.42. The molecule has 9 nitrogen and oxygen atoms in total. The highest BCUT2D eigenvalue weighted by molar-refractivity contribution is 5.27. The molecule has 3 aliphatic rings. The van der Waals surface area contributed by atoms with Gasteiger partial charge in [0, 0.05) is 44.0 Å². The van der Waals surface area contributed by atoms with Gasteiger partial charge in [0.2, 0.25) is 0 Å². The van der Waals surface area contributed by atoms with Crippen molar-refractivity contribution in [3.63, 3.8) is 0 Å². The second kappa shape index (κ2) is 12.4. The Hall–Kier alpha value is -2.09. The molecule has 2 fully saturated rings. The lowest BCUT2D eigenvalue weighted by molar-refractivity contribution is -0.274. The fourth-order valence-electron chi connectivity index (χ4n) is 4.60. The van der Waals surface area contributed by atoms with E-state index >= 15 is 0 Å². The number of aliphatic hydroxyl groups excluding tert-OH is 1. The number of methoxy groups -OCH3 is 1. The van der Waals surface area contributed by atoms with Crippen LogP contribution in [0.15, 0.2) is 36.3 Å². The lowest BCUT2D eigenvalue weighted by Crippen LogP contribution is -2.48. The average molecular weight is 519 g/mol. The van der Waals surface area contributed by atoms with Crippen LogP contribution in [0.5, 0.6) is 5.75 Å². The van der Waals surface area contributed by atoms with Crippen LogP contribution in [0.4, 0.5) is 13.2 Å². The van der Waals surface area contributed by atoms with Gasteiger partial charge < -0.3 is 38.8 Å². The summed E-state index contributed by atoms with van der Waals surface area (Å²) in [5.41, 5.74) is 0.757. The lowest BCUT2D eigenvalue weighted by Gasteiger charge is -2.28. The van der Waals surface area contributed by atoms with Crippen LogP contribution in [0.1, 0.15) is 24.8 Å². The number of aliphatic hydroxyl groups is 1. The molecule has 0 aliphatic carbocycles. The van der Waals surface area contributed by atoms with E-state index in [-0.39, 0.29) is 49.5 Å². The van der Waals surface area contributed by atoms with Crippen LogP contribution in [0.25, 0.3) is 0 Å². The number of rotatable bonds is 13. The fraction of sp³-hybridized carbons (Fsp3) is 0.667. The fourth-order valence-corrected chi connectivity index (χ4v) is 4.60. The first-order chi connectivity index (χ1) is 17.3. The van der Waals surface area contributed by atoms with Gasteiger partial charge in [-0.05, 0) is 24.1 Å². The monoisotopic (exact) mass is 518 g/mol. The van der Waals surface area contributed by atoms with Crippen LogP contribution < -0.4 is 15.4 Å². The molecule has 12 heteroatoms. The van der Waals surface area contributed by atoms with Gasteiger partial charge in [0.25, 0.3) is 5.95 Å². The average Bonchev–Trinajstić information content (AvgIpc) is 3.57. The molecule has 3 N–H and O–H groups in total. The topological polar surface area (TPSA) is 99.7 Å². The summed E-state index contributed by atoms with van der Waals surface area (Å²) in [6.45, 7) is 2.00. The Morgan fingerprint density at radius 2 is 2.00 bits per heavy atom. The summed E-state index contributed by atoms with van der Waals surface area (Å²) < 4.78 is 68.9. The molecule has 2 saturated heterocycles. The maximum absolute atomic E-state index is 12.3. The highest BCUT2D eigenvalue weighted by atomic mass is 19.4. The van der Waals surface area contributed by atoms with Crippen molar-refractivity contribution in [3.05, 3.63) is 41.9 Å². The smallest absolute Gasteiger partial charge is 0.469 e. The molecule has 0 bridgehead atoms. The molecule has 6 unspecified atom stereocenters. The van der Waals surface area contributed by atoms with Gasteiger partial charge in [0.15, 0.2) is 6.29 Å². The van der Waals surface area contributed by atoms with E-state index in [9.17, 15) is 18.3 Å². The zero-order valence-electron chi connectivity index (χ0n) is 20.0. The van der Waals surface area contributed by atoms with E-state index in [1.165, 1.54) is 24.3 Å². The zero-order chi connectivity index (χ0) is 25.5. The van der Waals surface area contributed by atoms with Crippen molar-refractivity contribution in [2.75, 3.05) is 33.6 Å². The Labute approximate surface area is 207 Å². The van der Waals surface area contributed by atoms with Crippen LogP contribution in [0.2, 0.25) is 0 Å². The van der Waals surface area contributed by atoms with Gasteiger partial charge >= 0.3 is 6.36 Å². The number of hydrogen-bond acceptors (Lipinski definition) is 9. The summed E-state index contributed by atoms with van der Waals surface area (Å²) >= 11 is 0. The third-order valence-electron chi connectivity index (χ3n) is 6.48. The van der Waals surface area contributed by atoms with Gasteiger partial charge in [-0.25, -0.2) is 0 Å².